The quantitative estimate of drug-likeness (QED) is 0.903. The second kappa shape index (κ2) is 5.10. The number of hydrogen-bond acceptors (Lipinski definition) is 3. The molecule has 4 heteroatoms. The smallest absolute Gasteiger partial charge is 0.303 e. The van der Waals surface area contributed by atoms with Crippen LogP contribution in [0.5, 0.6) is 0 Å². The van der Waals surface area contributed by atoms with Crippen LogP contribution in [0, 0.1) is 6.92 Å². The van der Waals surface area contributed by atoms with Crippen LogP contribution in [0.4, 0.5) is 0 Å². The zero-order chi connectivity index (χ0) is 12.3. The number of rotatable bonds is 4. The average molecular weight is 247 g/mol. The molecule has 0 aliphatic heterocycles. The van der Waals surface area contributed by atoms with Crippen molar-refractivity contribution in [2.24, 2.45) is 0 Å². The minimum Gasteiger partial charge on any atom is -0.481 e. The van der Waals surface area contributed by atoms with E-state index >= 15 is 0 Å². The van der Waals surface area contributed by atoms with Gasteiger partial charge in [-0.3, -0.25) is 4.79 Å². The molecule has 17 heavy (non-hydrogen) atoms. The van der Waals surface area contributed by atoms with E-state index in [2.05, 4.69) is 4.98 Å². The molecule has 0 bridgehead atoms. The molecular formula is C13H13NO2S. The van der Waals surface area contributed by atoms with Gasteiger partial charge in [-0.15, -0.1) is 11.3 Å². The number of nitrogens with zero attached hydrogens (tertiary/aromatic N) is 1. The second-order valence-corrected chi connectivity index (χ2v) is 4.96. The first-order chi connectivity index (χ1) is 8.16. The van der Waals surface area contributed by atoms with Crippen LogP contribution in [0.3, 0.4) is 0 Å². The van der Waals surface area contributed by atoms with Gasteiger partial charge in [-0.2, -0.15) is 0 Å². The largest absolute Gasteiger partial charge is 0.481 e. The Morgan fingerprint density at radius 1 is 1.41 bits per heavy atom. The summed E-state index contributed by atoms with van der Waals surface area (Å²) in [5, 5.41) is 9.59. The maximum absolute atomic E-state index is 10.5. The van der Waals surface area contributed by atoms with Crippen molar-refractivity contribution in [2.45, 2.75) is 19.8 Å². The topological polar surface area (TPSA) is 50.2 Å². The van der Waals surface area contributed by atoms with Gasteiger partial charge in [0.1, 0.15) is 5.01 Å². The van der Waals surface area contributed by atoms with Gasteiger partial charge in [0, 0.05) is 16.6 Å². The summed E-state index contributed by atoms with van der Waals surface area (Å²) < 4.78 is 0. The van der Waals surface area contributed by atoms with Crippen molar-refractivity contribution in [3.63, 3.8) is 0 Å². The second-order valence-electron chi connectivity index (χ2n) is 3.84. The first kappa shape index (κ1) is 11.8. The van der Waals surface area contributed by atoms with Gasteiger partial charge in [0.2, 0.25) is 0 Å². The predicted octanol–water partition coefficient (Wildman–Crippen LogP) is 3.14. The van der Waals surface area contributed by atoms with Crippen molar-refractivity contribution in [2.75, 3.05) is 0 Å². The number of aromatic nitrogens is 1. The summed E-state index contributed by atoms with van der Waals surface area (Å²) in [6, 6.07) is 8.07. The lowest BCUT2D eigenvalue weighted by Crippen LogP contribution is -1.95. The Labute approximate surface area is 104 Å². The highest BCUT2D eigenvalue weighted by molar-refractivity contribution is 7.15. The molecule has 2 rings (SSSR count). The zero-order valence-corrected chi connectivity index (χ0v) is 10.3. The lowest BCUT2D eigenvalue weighted by molar-refractivity contribution is -0.136. The number of carboxylic acid groups (broad SMARTS) is 1. The molecule has 1 heterocycles. The third-order valence-electron chi connectivity index (χ3n) is 2.51. The lowest BCUT2D eigenvalue weighted by Gasteiger charge is -1.99. The highest BCUT2D eigenvalue weighted by Crippen LogP contribution is 2.28. The monoisotopic (exact) mass is 247 g/mol. The van der Waals surface area contributed by atoms with Crippen LogP contribution in [-0.4, -0.2) is 16.1 Å². The Kier molecular flexibility index (Phi) is 3.54. The molecule has 0 unspecified atom stereocenters. The molecule has 0 fully saturated rings. The van der Waals surface area contributed by atoms with E-state index in [0.717, 1.165) is 15.4 Å². The van der Waals surface area contributed by atoms with Crippen molar-refractivity contribution in [3.8, 4) is 10.6 Å². The predicted molar refractivity (Wildman–Crippen MR) is 68.2 cm³/mol. The fourth-order valence-electron chi connectivity index (χ4n) is 1.59. The third-order valence-corrected chi connectivity index (χ3v) is 3.60. The molecule has 0 aliphatic rings. The fraction of sp³-hybridized carbons (Fsp3) is 0.231. The van der Waals surface area contributed by atoms with E-state index < -0.39 is 5.97 Å². The van der Waals surface area contributed by atoms with Gasteiger partial charge in [-0.05, 0) is 18.9 Å². The number of carboxylic acids is 1. The first-order valence-electron chi connectivity index (χ1n) is 5.39. The number of hydrogen-bond donors (Lipinski definition) is 1. The van der Waals surface area contributed by atoms with Crippen molar-refractivity contribution >= 4 is 17.3 Å². The van der Waals surface area contributed by atoms with E-state index in [-0.39, 0.29) is 6.42 Å². The number of thiazole rings is 1. The van der Waals surface area contributed by atoms with Crippen molar-refractivity contribution < 1.29 is 9.90 Å². The highest BCUT2D eigenvalue weighted by atomic mass is 32.1. The maximum atomic E-state index is 10.5. The number of aryl methyl sites for hydroxylation is 2. The molecule has 2 aromatic rings. The molecule has 1 aromatic heterocycles. The molecule has 0 saturated heterocycles. The standard InChI is InChI=1S/C13H13NO2S/c1-9-4-2-3-5-11(9)13-14-8-10(17-13)6-7-12(15)16/h2-5,8H,6-7H2,1H3,(H,15,16). The summed E-state index contributed by atoms with van der Waals surface area (Å²) in [4.78, 5) is 15.9. The van der Waals surface area contributed by atoms with E-state index in [0.29, 0.717) is 6.42 Å². The summed E-state index contributed by atoms with van der Waals surface area (Å²) >= 11 is 1.57. The van der Waals surface area contributed by atoms with E-state index in [1.54, 1.807) is 17.5 Å². The van der Waals surface area contributed by atoms with Crippen LogP contribution >= 0.6 is 11.3 Å². The Hall–Kier alpha value is -1.68. The molecule has 0 radical (unpaired) electrons. The van der Waals surface area contributed by atoms with Crippen molar-refractivity contribution in [3.05, 3.63) is 40.9 Å². The molecule has 88 valence electrons. The maximum Gasteiger partial charge on any atom is 0.303 e. The van der Waals surface area contributed by atoms with E-state index in [9.17, 15) is 4.79 Å². The van der Waals surface area contributed by atoms with Crippen LogP contribution < -0.4 is 0 Å². The number of aliphatic carboxylic acids is 1. The molecule has 1 N–H and O–H groups in total. The molecule has 3 nitrogen and oxygen atoms in total. The third kappa shape index (κ3) is 2.91. The van der Waals surface area contributed by atoms with Gasteiger partial charge in [0.25, 0.3) is 0 Å². The van der Waals surface area contributed by atoms with Crippen LogP contribution in [0.1, 0.15) is 16.9 Å². The van der Waals surface area contributed by atoms with Crippen LogP contribution in [0.25, 0.3) is 10.6 Å². The normalized spacial score (nSPS) is 10.4. The SMILES string of the molecule is Cc1ccccc1-c1ncc(CCC(=O)O)s1. The first-order valence-corrected chi connectivity index (χ1v) is 6.21. The van der Waals surface area contributed by atoms with Crippen LogP contribution in [0.2, 0.25) is 0 Å². The summed E-state index contributed by atoms with van der Waals surface area (Å²) in [7, 11) is 0. The molecular weight excluding hydrogens is 234 g/mol. The molecule has 0 spiro atoms. The van der Waals surface area contributed by atoms with Crippen molar-refractivity contribution in [1.29, 1.82) is 0 Å². The van der Waals surface area contributed by atoms with Crippen LogP contribution in [0.15, 0.2) is 30.5 Å². The molecule has 0 saturated carbocycles. The minimum absolute atomic E-state index is 0.162. The number of benzene rings is 1. The van der Waals surface area contributed by atoms with Crippen LogP contribution in [-0.2, 0) is 11.2 Å². The van der Waals surface area contributed by atoms with Gasteiger partial charge in [-0.25, -0.2) is 4.98 Å². The summed E-state index contributed by atoms with van der Waals surface area (Å²) in [5.74, 6) is -0.768. The molecule has 0 atom stereocenters. The van der Waals surface area contributed by atoms with Gasteiger partial charge in [0.15, 0.2) is 0 Å². The Morgan fingerprint density at radius 2 is 2.18 bits per heavy atom. The van der Waals surface area contributed by atoms with E-state index in [4.69, 9.17) is 5.11 Å². The van der Waals surface area contributed by atoms with Gasteiger partial charge in [0.05, 0.1) is 6.42 Å². The van der Waals surface area contributed by atoms with E-state index in [1.165, 1.54) is 5.56 Å². The Balaban J connectivity index is 2.18. The fourth-order valence-corrected chi connectivity index (χ4v) is 2.59. The summed E-state index contributed by atoms with van der Waals surface area (Å²) in [6.07, 6.45) is 2.49. The molecule has 0 aliphatic carbocycles. The summed E-state index contributed by atoms with van der Waals surface area (Å²) in [6.45, 7) is 2.05. The van der Waals surface area contributed by atoms with Crippen molar-refractivity contribution in [1.82, 2.24) is 4.98 Å². The van der Waals surface area contributed by atoms with Gasteiger partial charge in [-0.1, -0.05) is 24.3 Å². The van der Waals surface area contributed by atoms with Gasteiger partial charge >= 0.3 is 5.97 Å². The Bertz CT molecular complexity index is 534. The summed E-state index contributed by atoms with van der Waals surface area (Å²) in [5.41, 5.74) is 2.31. The molecule has 1 aromatic carbocycles. The molecule has 0 amide bonds. The average Bonchev–Trinajstić information content (AvgIpc) is 2.75. The van der Waals surface area contributed by atoms with Gasteiger partial charge < -0.3 is 5.11 Å². The minimum atomic E-state index is -0.768. The highest BCUT2D eigenvalue weighted by Gasteiger charge is 2.07. The zero-order valence-electron chi connectivity index (χ0n) is 9.51. The van der Waals surface area contributed by atoms with E-state index in [1.807, 2.05) is 31.2 Å². The lowest BCUT2D eigenvalue weighted by atomic mass is 10.1. The Morgan fingerprint density at radius 3 is 2.88 bits per heavy atom. The number of carbonyl (C=O) groups is 1.